The molecule has 0 atom stereocenters. The highest BCUT2D eigenvalue weighted by Crippen LogP contribution is 2.31. The summed E-state index contributed by atoms with van der Waals surface area (Å²) in [4.78, 5) is 33.0. The summed E-state index contributed by atoms with van der Waals surface area (Å²) in [6.07, 6.45) is 3.20. The van der Waals surface area contributed by atoms with Gasteiger partial charge in [0.05, 0.1) is 37.4 Å². The van der Waals surface area contributed by atoms with Crippen LogP contribution in [0.25, 0.3) is 5.69 Å². The summed E-state index contributed by atoms with van der Waals surface area (Å²) < 4.78 is 12.1. The minimum atomic E-state index is -0.450. The second-order valence-electron chi connectivity index (χ2n) is 7.40. The van der Waals surface area contributed by atoms with E-state index in [1.807, 2.05) is 6.07 Å². The third kappa shape index (κ3) is 5.08. The fourth-order valence-corrected chi connectivity index (χ4v) is 3.64. The highest BCUT2D eigenvalue weighted by molar-refractivity contribution is 6.33. The molecule has 11 heteroatoms. The van der Waals surface area contributed by atoms with E-state index in [0.29, 0.717) is 39.9 Å². The quantitative estimate of drug-likeness (QED) is 0.297. The lowest BCUT2D eigenvalue weighted by Gasteiger charge is -2.15. The van der Waals surface area contributed by atoms with Crippen LogP contribution in [0, 0.1) is 0 Å². The van der Waals surface area contributed by atoms with Crippen LogP contribution in [0.5, 0.6) is 5.75 Å². The number of nitrogens with zero attached hydrogens (tertiary/aromatic N) is 3. The molecule has 184 valence electrons. The van der Waals surface area contributed by atoms with Gasteiger partial charge in [-0.25, -0.2) is 9.78 Å². The average Bonchev–Trinajstić information content (AvgIpc) is 3.40. The van der Waals surface area contributed by atoms with Gasteiger partial charge in [0.25, 0.3) is 5.91 Å². The highest BCUT2D eigenvalue weighted by Gasteiger charge is 2.16. The third-order valence-corrected chi connectivity index (χ3v) is 5.53. The molecule has 3 N–H and O–H groups in total. The molecule has 0 aliphatic carbocycles. The number of para-hydroxylation sites is 1. The van der Waals surface area contributed by atoms with Crippen molar-refractivity contribution in [2.24, 2.45) is 0 Å². The standard InChI is InChI=1S/C25H23ClN6O4/c1-27-23(33)16-7-4-5-8-18(16)29-22-17(26)14-28-25(31-22)30-19-11-10-15(13-21(19)35-2)32-12-6-9-20(32)24(34)36-3/h4-14H,1-3H3,(H,27,33)(H2,28,29,30,31). The minimum absolute atomic E-state index is 0.246. The lowest BCUT2D eigenvalue weighted by atomic mass is 10.1. The maximum Gasteiger partial charge on any atom is 0.355 e. The average molecular weight is 507 g/mol. The van der Waals surface area contributed by atoms with Gasteiger partial charge in [-0.2, -0.15) is 4.98 Å². The predicted octanol–water partition coefficient (Wildman–Crippen LogP) is 4.56. The van der Waals surface area contributed by atoms with Crippen molar-refractivity contribution in [3.63, 3.8) is 0 Å². The summed E-state index contributed by atoms with van der Waals surface area (Å²) in [5.41, 5.74) is 2.66. The van der Waals surface area contributed by atoms with Crippen LogP contribution in [-0.2, 0) is 4.74 Å². The van der Waals surface area contributed by atoms with Gasteiger partial charge < -0.3 is 30.0 Å². The van der Waals surface area contributed by atoms with Crippen molar-refractivity contribution >= 4 is 46.6 Å². The smallest absolute Gasteiger partial charge is 0.355 e. The van der Waals surface area contributed by atoms with E-state index in [2.05, 4.69) is 25.9 Å². The van der Waals surface area contributed by atoms with Gasteiger partial charge in [-0.1, -0.05) is 23.7 Å². The van der Waals surface area contributed by atoms with E-state index in [1.54, 1.807) is 66.3 Å². The molecule has 0 fully saturated rings. The molecule has 0 aliphatic rings. The van der Waals surface area contributed by atoms with E-state index in [-0.39, 0.29) is 16.9 Å². The van der Waals surface area contributed by atoms with E-state index < -0.39 is 5.97 Å². The number of methoxy groups -OCH3 is 2. The number of benzene rings is 2. The molecule has 4 rings (SSSR count). The van der Waals surface area contributed by atoms with Crippen LogP contribution >= 0.6 is 11.6 Å². The number of hydrogen-bond donors (Lipinski definition) is 3. The predicted molar refractivity (Wildman–Crippen MR) is 137 cm³/mol. The van der Waals surface area contributed by atoms with Crippen LogP contribution in [0.15, 0.2) is 67.0 Å². The summed E-state index contributed by atoms with van der Waals surface area (Å²) >= 11 is 6.32. The molecular weight excluding hydrogens is 484 g/mol. The van der Waals surface area contributed by atoms with Gasteiger partial charge in [0, 0.05) is 25.0 Å². The third-order valence-electron chi connectivity index (χ3n) is 5.25. The molecule has 4 aromatic rings. The lowest BCUT2D eigenvalue weighted by Crippen LogP contribution is -2.19. The number of halogens is 1. The first-order valence-electron chi connectivity index (χ1n) is 10.8. The van der Waals surface area contributed by atoms with Crippen LogP contribution < -0.4 is 20.7 Å². The molecule has 36 heavy (non-hydrogen) atoms. The Morgan fingerprint density at radius 2 is 1.81 bits per heavy atom. The van der Waals surface area contributed by atoms with Gasteiger partial charge in [0.1, 0.15) is 16.5 Å². The summed E-state index contributed by atoms with van der Waals surface area (Å²) in [6, 6.07) is 15.8. The van der Waals surface area contributed by atoms with Crippen LogP contribution in [0.4, 0.5) is 23.1 Å². The topological polar surface area (TPSA) is 119 Å². The SMILES string of the molecule is CNC(=O)c1ccccc1Nc1nc(Nc2ccc(-n3cccc3C(=O)OC)cc2OC)ncc1Cl. The first kappa shape index (κ1) is 24.6. The molecule has 2 aromatic carbocycles. The molecule has 0 aliphatic heterocycles. The zero-order valence-corrected chi connectivity index (χ0v) is 20.5. The van der Waals surface area contributed by atoms with E-state index in [0.717, 1.165) is 0 Å². The Bertz CT molecular complexity index is 1420. The van der Waals surface area contributed by atoms with Gasteiger partial charge in [0.15, 0.2) is 5.82 Å². The van der Waals surface area contributed by atoms with E-state index in [1.165, 1.54) is 20.4 Å². The van der Waals surface area contributed by atoms with Crippen LogP contribution in [0.2, 0.25) is 5.02 Å². The molecule has 0 saturated heterocycles. The molecule has 1 amide bonds. The molecule has 2 heterocycles. The summed E-state index contributed by atoms with van der Waals surface area (Å²) in [6.45, 7) is 0. The number of nitrogens with one attached hydrogen (secondary N) is 3. The zero-order valence-electron chi connectivity index (χ0n) is 19.7. The number of carbonyl (C=O) groups excluding carboxylic acids is 2. The van der Waals surface area contributed by atoms with Crippen molar-refractivity contribution < 1.29 is 19.1 Å². The monoisotopic (exact) mass is 506 g/mol. The number of ether oxygens (including phenoxy) is 2. The number of carbonyl (C=O) groups is 2. The Balaban J connectivity index is 1.62. The molecule has 2 aromatic heterocycles. The van der Waals surface area contributed by atoms with Crippen LogP contribution in [-0.4, -0.2) is 47.7 Å². The Kier molecular flexibility index (Phi) is 7.36. The van der Waals surface area contributed by atoms with Crippen molar-refractivity contribution in [2.75, 3.05) is 31.9 Å². The number of amides is 1. The Morgan fingerprint density at radius 1 is 1.00 bits per heavy atom. The number of anilines is 4. The number of aromatic nitrogens is 3. The zero-order chi connectivity index (χ0) is 25.7. The number of rotatable bonds is 8. The molecule has 0 bridgehead atoms. The van der Waals surface area contributed by atoms with Crippen molar-refractivity contribution in [3.05, 3.63) is 83.3 Å². The van der Waals surface area contributed by atoms with Crippen molar-refractivity contribution in [3.8, 4) is 11.4 Å². The second kappa shape index (κ2) is 10.8. The Labute approximate surface area is 212 Å². The largest absolute Gasteiger partial charge is 0.494 e. The summed E-state index contributed by atoms with van der Waals surface area (Å²) in [5, 5.41) is 9.10. The van der Waals surface area contributed by atoms with Crippen LogP contribution in [0.1, 0.15) is 20.8 Å². The molecule has 0 radical (unpaired) electrons. The van der Waals surface area contributed by atoms with Gasteiger partial charge >= 0.3 is 5.97 Å². The van der Waals surface area contributed by atoms with E-state index in [4.69, 9.17) is 21.1 Å². The fraction of sp³-hybridized carbons (Fsp3) is 0.120. The van der Waals surface area contributed by atoms with Gasteiger partial charge in [-0.15, -0.1) is 0 Å². The molecule has 0 spiro atoms. The Hall–Kier alpha value is -4.57. The molecule has 10 nitrogen and oxygen atoms in total. The van der Waals surface area contributed by atoms with Crippen molar-refractivity contribution in [2.45, 2.75) is 0 Å². The maximum atomic E-state index is 12.2. The Morgan fingerprint density at radius 3 is 2.56 bits per heavy atom. The van der Waals surface area contributed by atoms with Crippen molar-refractivity contribution in [1.29, 1.82) is 0 Å². The lowest BCUT2D eigenvalue weighted by molar-refractivity contribution is 0.0591. The summed E-state index contributed by atoms with van der Waals surface area (Å²) in [5.74, 6) is 0.367. The fourth-order valence-electron chi connectivity index (χ4n) is 3.50. The number of esters is 1. The normalized spacial score (nSPS) is 10.4. The molecular formula is C25H23ClN6O4. The van der Waals surface area contributed by atoms with Gasteiger partial charge in [-0.3, -0.25) is 4.79 Å². The van der Waals surface area contributed by atoms with Crippen molar-refractivity contribution in [1.82, 2.24) is 19.9 Å². The van der Waals surface area contributed by atoms with E-state index in [9.17, 15) is 9.59 Å². The van der Waals surface area contributed by atoms with Crippen LogP contribution in [0.3, 0.4) is 0 Å². The number of hydrogen-bond acceptors (Lipinski definition) is 8. The second-order valence-corrected chi connectivity index (χ2v) is 7.81. The highest BCUT2D eigenvalue weighted by atomic mass is 35.5. The first-order chi connectivity index (χ1) is 17.4. The first-order valence-corrected chi connectivity index (χ1v) is 11.1. The summed E-state index contributed by atoms with van der Waals surface area (Å²) in [7, 11) is 4.43. The molecule has 0 saturated carbocycles. The van der Waals surface area contributed by atoms with E-state index >= 15 is 0 Å². The maximum absolute atomic E-state index is 12.2. The van der Waals surface area contributed by atoms with Gasteiger partial charge in [-0.05, 0) is 36.4 Å². The minimum Gasteiger partial charge on any atom is -0.494 e. The molecule has 0 unspecified atom stereocenters. The van der Waals surface area contributed by atoms with Gasteiger partial charge in [0.2, 0.25) is 5.95 Å².